The first-order valence-electron chi connectivity index (χ1n) is 5.91. The molecule has 0 radical (unpaired) electrons. The van der Waals surface area contributed by atoms with Crippen molar-refractivity contribution < 1.29 is 4.79 Å². The Morgan fingerprint density at radius 2 is 2.00 bits per heavy atom. The standard InChI is InChI=1S/C14H18BrNO.CH4/c1-9-7-11(5-6-12(9)15)16-10(2)14(3,4)8-13(16)17;/h5-7,10H,8H2,1-4H3;1H4. The molecule has 2 rings (SSSR count). The largest absolute Gasteiger partial charge is 0.309 e. The summed E-state index contributed by atoms with van der Waals surface area (Å²) in [5.41, 5.74) is 2.22. The third kappa shape index (κ3) is 2.46. The van der Waals surface area contributed by atoms with Crippen LogP contribution in [0.4, 0.5) is 5.69 Å². The van der Waals surface area contributed by atoms with Crippen LogP contribution >= 0.6 is 15.9 Å². The third-order valence-electron chi connectivity index (χ3n) is 3.81. The zero-order valence-corrected chi connectivity index (χ0v) is 12.3. The van der Waals surface area contributed by atoms with Crippen molar-refractivity contribution in [3.8, 4) is 0 Å². The zero-order chi connectivity index (χ0) is 12.8. The van der Waals surface area contributed by atoms with E-state index >= 15 is 0 Å². The molecule has 1 unspecified atom stereocenters. The minimum atomic E-state index is 0. The second-order valence-electron chi connectivity index (χ2n) is 5.54. The van der Waals surface area contributed by atoms with E-state index in [2.05, 4.69) is 42.8 Å². The van der Waals surface area contributed by atoms with Crippen molar-refractivity contribution in [1.29, 1.82) is 0 Å². The van der Waals surface area contributed by atoms with E-state index < -0.39 is 0 Å². The first kappa shape index (κ1) is 15.2. The highest BCUT2D eigenvalue weighted by Gasteiger charge is 2.43. The maximum absolute atomic E-state index is 12.1. The van der Waals surface area contributed by atoms with Gasteiger partial charge in [-0.15, -0.1) is 0 Å². The summed E-state index contributed by atoms with van der Waals surface area (Å²) in [6.07, 6.45) is 0.628. The highest BCUT2D eigenvalue weighted by atomic mass is 79.9. The van der Waals surface area contributed by atoms with Gasteiger partial charge < -0.3 is 4.90 Å². The van der Waals surface area contributed by atoms with E-state index in [0.717, 1.165) is 15.7 Å². The van der Waals surface area contributed by atoms with Crippen molar-refractivity contribution in [2.45, 2.75) is 47.6 Å². The second kappa shape index (κ2) is 5.04. The van der Waals surface area contributed by atoms with Gasteiger partial charge in [-0.1, -0.05) is 37.2 Å². The Hall–Kier alpha value is -0.830. The topological polar surface area (TPSA) is 20.3 Å². The quantitative estimate of drug-likeness (QED) is 0.745. The predicted molar refractivity (Wildman–Crippen MR) is 81.0 cm³/mol. The van der Waals surface area contributed by atoms with Crippen LogP contribution in [0, 0.1) is 12.3 Å². The average Bonchev–Trinajstić information content (AvgIpc) is 2.42. The number of amides is 1. The van der Waals surface area contributed by atoms with Crippen LogP contribution in [-0.2, 0) is 4.79 Å². The van der Waals surface area contributed by atoms with Gasteiger partial charge in [0, 0.05) is 22.6 Å². The van der Waals surface area contributed by atoms with Crippen LogP contribution in [0.15, 0.2) is 22.7 Å². The van der Waals surface area contributed by atoms with Crippen molar-refractivity contribution in [2.24, 2.45) is 5.41 Å². The maximum atomic E-state index is 12.1. The van der Waals surface area contributed by atoms with Gasteiger partial charge in [-0.05, 0) is 43.0 Å². The lowest BCUT2D eigenvalue weighted by atomic mass is 9.86. The van der Waals surface area contributed by atoms with Gasteiger partial charge in [0.05, 0.1) is 0 Å². The summed E-state index contributed by atoms with van der Waals surface area (Å²) >= 11 is 3.49. The molecule has 100 valence electrons. The summed E-state index contributed by atoms with van der Waals surface area (Å²) < 4.78 is 1.08. The lowest BCUT2D eigenvalue weighted by Crippen LogP contribution is -2.35. The lowest BCUT2D eigenvalue weighted by molar-refractivity contribution is -0.117. The molecule has 0 spiro atoms. The lowest BCUT2D eigenvalue weighted by Gasteiger charge is -2.29. The number of hydrogen-bond acceptors (Lipinski definition) is 1. The minimum Gasteiger partial charge on any atom is -0.309 e. The van der Waals surface area contributed by atoms with Crippen molar-refractivity contribution in [2.75, 3.05) is 4.90 Å². The van der Waals surface area contributed by atoms with E-state index in [-0.39, 0.29) is 24.8 Å². The molecule has 1 aliphatic heterocycles. The van der Waals surface area contributed by atoms with Gasteiger partial charge in [-0.3, -0.25) is 4.79 Å². The Labute approximate surface area is 119 Å². The number of carbonyl (C=O) groups excluding carboxylic acids is 1. The van der Waals surface area contributed by atoms with Crippen LogP contribution in [0.3, 0.4) is 0 Å². The van der Waals surface area contributed by atoms with Gasteiger partial charge in [0.2, 0.25) is 5.91 Å². The summed E-state index contributed by atoms with van der Waals surface area (Å²) in [5.74, 6) is 0.226. The van der Waals surface area contributed by atoms with Gasteiger partial charge in [0.1, 0.15) is 0 Å². The van der Waals surface area contributed by atoms with E-state index in [1.807, 2.05) is 24.0 Å². The fraction of sp³-hybridized carbons (Fsp3) is 0.533. The van der Waals surface area contributed by atoms with Gasteiger partial charge in [-0.25, -0.2) is 0 Å². The maximum Gasteiger partial charge on any atom is 0.227 e. The Kier molecular flexibility index (Phi) is 4.26. The molecule has 1 aromatic carbocycles. The zero-order valence-electron chi connectivity index (χ0n) is 10.7. The number of rotatable bonds is 1. The highest BCUT2D eigenvalue weighted by Crippen LogP contribution is 2.40. The normalized spacial score (nSPS) is 21.9. The minimum absolute atomic E-state index is 0. The number of aryl methyl sites for hydroxylation is 1. The Morgan fingerprint density at radius 3 is 2.44 bits per heavy atom. The van der Waals surface area contributed by atoms with Crippen molar-refractivity contribution >= 4 is 27.5 Å². The van der Waals surface area contributed by atoms with Crippen LogP contribution in [0.5, 0.6) is 0 Å². The number of hydrogen-bond donors (Lipinski definition) is 0. The molecule has 1 fully saturated rings. The number of benzene rings is 1. The molecule has 0 saturated carbocycles. The molecule has 1 atom stereocenters. The van der Waals surface area contributed by atoms with Crippen LogP contribution in [0.25, 0.3) is 0 Å². The molecule has 1 heterocycles. The fourth-order valence-electron chi connectivity index (χ4n) is 2.33. The first-order valence-corrected chi connectivity index (χ1v) is 6.70. The van der Waals surface area contributed by atoms with E-state index in [4.69, 9.17) is 0 Å². The molecular formula is C15H22BrNO. The molecule has 0 N–H and O–H groups in total. The fourth-order valence-corrected chi connectivity index (χ4v) is 2.58. The molecule has 1 saturated heterocycles. The monoisotopic (exact) mass is 311 g/mol. The number of carbonyl (C=O) groups is 1. The van der Waals surface area contributed by atoms with Crippen LogP contribution < -0.4 is 4.90 Å². The van der Waals surface area contributed by atoms with Gasteiger partial charge in [0.25, 0.3) is 0 Å². The summed E-state index contributed by atoms with van der Waals surface area (Å²) in [5, 5.41) is 0. The molecule has 1 aromatic rings. The Bertz CT molecular complexity index is 468. The van der Waals surface area contributed by atoms with E-state index in [1.54, 1.807) is 0 Å². The molecular weight excluding hydrogens is 290 g/mol. The van der Waals surface area contributed by atoms with Gasteiger partial charge in [0.15, 0.2) is 0 Å². The molecule has 1 aliphatic rings. The Morgan fingerprint density at radius 1 is 1.39 bits per heavy atom. The number of nitrogens with zero attached hydrogens (tertiary/aromatic N) is 1. The average molecular weight is 312 g/mol. The molecule has 18 heavy (non-hydrogen) atoms. The predicted octanol–water partition coefficient (Wildman–Crippen LogP) is 4.55. The van der Waals surface area contributed by atoms with Crippen LogP contribution in [0.1, 0.15) is 40.2 Å². The first-order chi connectivity index (χ1) is 7.83. The van der Waals surface area contributed by atoms with Crippen molar-refractivity contribution in [3.05, 3.63) is 28.2 Å². The summed E-state index contributed by atoms with van der Waals surface area (Å²) in [6, 6.07) is 6.33. The second-order valence-corrected chi connectivity index (χ2v) is 6.39. The van der Waals surface area contributed by atoms with Gasteiger partial charge in [-0.2, -0.15) is 0 Å². The number of halogens is 1. The van der Waals surface area contributed by atoms with Gasteiger partial charge >= 0.3 is 0 Å². The summed E-state index contributed by atoms with van der Waals surface area (Å²) in [6.45, 7) is 8.48. The van der Waals surface area contributed by atoms with E-state index in [9.17, 15) is 4.79 Å². The SMILES string of the molecule is C.Cc1cc(N2C(=O)CC(C)(C)C2C)ccc1Br. The van der Waals surface area contributed by atoms with Crippen LogP contribution in [0.2, 0.25) is 0 Å². The van der Waals surface area contributed by atoms with E-state index in [0.29, 0.717) is 6.42 Å². The molecule has 0 bridgehead atoms. The highest BCUT2D eigenvalue weighted by molar-refractivity contribution is 9.10. The molecule has 1 amide bonds. The molecule has 0 aliphatic carbocycles. The smallest absolute Gasteiger partial charge is 0.227 e. The molecule has 3 heteroatoms. The molecule has 0 aromatic heterocycles. The van der Waals surface area contributed by atoms with Crippen molar-refractivity contribution in [3.63, 3.8) is 0 Å². The summed E-state index contributed by atoms with van der Waals surface area (Å²) in [7, 11) is 0. The summed E-state index contributed by atoms with van der Waals surface area (Å²) in [4.78, 5) is 14.0. The van der Waals surface area contributed by atoms with E-state index in [1.165, 1.54) is 0 Å². The molecule has 2 nitrogen and oxygen atoms in total. The van der Waals surface area contributed by atoms with Crippen LogP contribution in [-0.4, -0.2) is 11.9 Å². The van der Waals surface area contributed by atoms with Crippen molar-refractivity contribution in [1.82, 2.24) is 0 Å². The number of anilines is 1. The third-order valence-corrected chi connectivity index (χ3v) is 4.70. The Balaban J connectivity index is 0.00000162.